The summed E-state index contributed by atoms with van der Waals surface area (Å²) < 4.78 is 10.8. The monoisotopic (exact) mass is 487 g/mol. The largest absolute Gasteiger partial charge is 0.494 e. The highest BCUT2D eigenvalue weighted by atomic mass is 16.5. The number of alkyl carbamates (subject to hydrolysis) is 1. The average molecular weight is 488 g/mol. The molecule has 0 radical (unpaired) electrons. The summed E-state index contributed by atoms with van der Waals surface area (Å²) in [6.45, 7) is 0.731. The van der Waals surface area contributed by atoms with E-state index in [9.17, 15) is 14.4 Å². The fourth-order valence-corrected chi connectivity index (χ4v) is 4.08. The molecule has 3 aromatic carbocycles. The molecule has 3 amide bonds. The topological polar surface area (TPSA) is 97.0 Å². The van der Waals surface area contributed by atoms with Gasteiger partial charge in [-0.1, -0.05) is 60.7 Å². The number of methoxy groups -OCH3 is 1. The van der Waals surface area contributed by atoms with Crippen molar-refractivity contribution in [2.75, 3.05) is 23.9 Å². The Morgan fingerprint density at radius 3 is 2.31 bits per heavy atom. The van der Waals surface area contributed by atoms with Gasteiger partial charge in [0.1, 0.15) is 18.4 Å². The molecule has 1 aliphatic heterocycles. The molecule has 1 fully saturated rings. The second-order valence-corrected chi connectivity index (χ2v) is 8.47. The fraction of sp³-hybridized carbons (Fsp3) is 0.250. The van der Waals surface area contributed by atoms with E-state index in [1.54, 1.807) is 23.1 Å². The van der Waals surface area contributed by atoms with Crippen LogP contribution < -0.4 is 20.3 Å². The van der Waals surface area contributed by atoms with E-state index in [-0.39, 0.29) is 18.9 Å². The fourth-order valence-electron chi connectivity index (χ4n) is 4.08. The lowest BCUT2D eigenvalue weighted by Crippen LogP contribution is -2.45. The zero-order valence-electron chi connectivity index (χ0n) is 20.1. The molecule has 0 saturated carbocycles. The lowest BCUT2D eigenvalue weighted by Gasteiger charge is -2.21. The number of anilines is 2. The molecule has 0 spiro atoms. The first-order valence-corrected chi connectivity index (χ1v) is 11.8. The zero-order valence-corrected chi connectivity index (χ0v) is 20.1. The molecule has 0 aliphatic carbocycles. The van der Waals surface area contributed by atoms with E-state index in [4.69, 9.17) is 9.47 Å². The van der Waals surface area contributed by atoms with Crippen molar-refractivity contribution in [1.82, 2.24) is 5.32 Å². The molecule has 1 saturated heterocycles. The first-order valence-electron chi connectivity index (χ1n) is 11.8. The number of carbonyl (C=O) groups is 3. The van der Waals surface area contributed by atoms with Crippen LogP contribution in [0.25, 0.3) is 0 Å². The van der Waals surface area contributed by atoms with Gasteiger partial charge in [-0.3, -0.25) is 9.59 Å². The Bertz CT molecular complexity index is 1200. The summed E-state index contributed by atoms with van der Waals surface area (Å²) in [4.78, 5) is 39.6. The van der Waals surface area contributed by atoms with E-state index >= 15 is 0 Å². The van der Waals surface area contributed by atoms with Gasteiger partial charge in [-0.25, -0.2) is 4.79 Å². The number of rotatable bonds is 9. The van der Waals surface area contributed by atoms with Gasteiger partial charge in [0, 0.05) is 31.1 Å². The minimum Gasteiger partial charge on any atom is -0.494 e. The Kier molecular flexibility index (Phi) is 8.18. The Morgan fingerprint density at radius 2 is 1.67 bits per heavy atom. The Hall–Kier alpha value is -4.33. The first kappa shape index (κ1) is 24.8. The van der Waals surface area contributed by atoms with Crippen LogP contribution in [0.4, 0.5) is 16.2 Å². The molecule has 0 aromatic heterocycles. The molecule has 3 aromatic rings. The molecule has 36 heavy (non-hydrogen) atoms. The van der Waals surface area contributed by atoms with Crippen LogP contribution in [0.15, 0.2) is 78.9 Å². The molecule has 8 heteroatoms. The Balaban J connectivity index is 1.46. The molecule has 1 aliphatic rings. The van der Waals surface area contributed by atoms with E-state index in [0.717, 1.165) is 17.5 Å². The maximum Gasteiger partial charge on any atom is 0.408 e. The van der Waals surface area contributed by atoms with E-state index in [0.29, 0.717) is 30.1 Å². The summed E-state index contributed by atoms with van der Waals surface area (Å²) in [5, 5.41) is 5.54. The third-order valence-corrected chi connectivity index (χ3v) is 5.92. The first-order chi connectivity index (χ1) is 17.5. The molecular formula is C28H29N3O5. The predicted molar refractivity (Wildman–Crippen MR) is 137 cm³/mol. The van der Waals surface area contributed by atoms with Crippen LogP contribution in [-0.2, 0) is 27.4 Å². The number of nitrogens with one attached hydrogen (secondary N) is 2. The molecule has 8 nitrogen and oxygen atoms in total. The lowest BCUT2D eigenvalue weighted by molar-refractivity contribution is -0.118. The van der Waals surface area contributed by atoms with Crippen molar-refractivity contribution in [3.63, 3.8) is 0 Å². The normalized spacial score (nSPS) is 13.7. The molecular weight excluding hydrogens is 458 g/mol. The number of hydrogen-bond donors (Lipinski definition) is 2. The lowest BCUT2D eigenvalue weighted by atomic mass is 10.1. The molecule has 0 unspecified atom stereocenters. The average Bonchev–Trinajstić information content (AvgIpc) is 3.33. The number of amides is 3. The third kappa shape index (κ3) is 6.41. The predicted octanol–water partition coefficient (Wildman–Crippen LogP) is 4.30. The highest BCUT2D eigenvalue weighted by Crippen LogP contribution is 2.33. The maximum absolute atomic E-state index is 13.2. The minimum absolute atomic E-state index is 0.0474. The summed E-state index contributed by atoms with van der Waals surface area (Å²) in [7, 11) is 1.52. The smallest absolute Gasteiger partial charge is 0.408 e. The molecule has 1 atom stereocenters. The summed E-state index contributed by atoms with van der Waals surface area (Å²) in [5.41, 5.74) is 2.90. The molecule has 186 valence electrons. The van der Waals surface area contributed by atoms with Gasteiger partial charge < -0.3 is 25.0 Å². The van der Waals surface area contributed by atoms with Crippen molar-refractivity contribution in [1.29, 1.82) is 0 Å². The van der Waals surface area contributed by atoms with Crippen LogP contribution in [0, 0.1) is 0 Å². The van der Waals surface area contributed by atoms with Crippen LogP contribution in [-0.4, -0.2) is 37.6 Å². The maximum atomic E-state index is 13.2. The third-order valence-electron chi connectivity index (χ3n) is 5.92. The molecule has 0 bridgehead atoms. The van der Waals surface area contributed by atoms with Gasteiger partial charge in [0.25, 0.3) is 0 Å². The minimum atomic E-state index is -0.874. The Morgan fingerprint density at radius 1 is 0.972 bits per heavy atom. The summed E-state index contributed by atoms with van der Waals surface area (Å²) in [6, 6.07) is 23.0. The van der Waals surface area contributed by atoms with Gasteiger partial charge in [0.2, 0.25) is 11.8 Å². The highest BCUT2D eigenvalue weighted by Gasteiger charge is 2.26. The van der Waals surface area contributed by atoms with Crippen molar-refractivity contribution < 1.29 is 23.9 Å². The highest BCUT2D eigenvalue weighted by molar-refractivity contribution is 5.99. The van der Waals surface area contributed by atoms with Crippen molar-refractivity contribution in [2.24, 2.45) is 0 Å². The van der Waals surface area contributed by atoms with Crippen LogP contribution in [0.2, 0.25) is 0 Å². The molecule has 2 N–H and O–H groups in total. The number of nitrogens with zero attached hydrogens (tertiary/aromatic N) is 1. The van der Waals surface area contributed by atoms with Crippen LogP contribution in [0.1, 0.15) is 24.0 Å². The standard InChI is InChI=1S/C28H29N3O5/c1-35-25-18-22(14-15-24(25)31-16-8-13-26(31)32)29-27(33)23(17-20-9-4-2-5-10-20)30-28(34)36-19-21-11-6-3-7-12-21/h2-7,9-12,14-15,18,23H,8,13,16-17,19H2,1H3,(H,29,33)(H,30,34)/t23-/m0/s1. The number of ether oxygens (including phenoxy) is 2. The summed E-state index contributed by atoms with van der Waals surface area (Å²) >= 11 is 0. The van der Waals surface area contributed by atoms with Gasteiger partial charge in [-0.15, -0.1) is 0 Å². The molecule has 4 rings (SSSR count). The van der Waals surface area contributed by atoms with Crippen molar-refractivity contribution in [2.45, 2.75) is 31.9 Å². The number of benzene rings is 3. The van der Waals surface area contributed by atoms with E-state index in [1.165, 1.54) is 7.11 Å². The van der Waals surface area contributed by atoms with E-state index in [2.05, 4.69) is 10.6 Å². The summed E-state index contributed by atoms with van der Waals surface area (Å²) in [5.74, 6) is 0.131. The van der Waals surface area contributed by atoms with Gasteiger partial charge >= 0.3 is 6.09 Å². The van der Waals surface area contributed by atoms with Crippen molar-refractivity contribution in [3.8, 4) is 5.75 Å². The van der Waals surface area contributed by atoms with Gasteiger partial charge in [-0.05, 0) is 29.7 Å². The Labute approximate surface area is 210 Å². The van der Waals surface area contributed by atoms with Crippen LogP contribution >= 0.6 is 0 Å². The second kappa shape index (κ2) is 11.9. The van der Waals surface area contributed by atoms with Gasteiger partial charge in [-0.2, -0.15) is 0 Å². The van der Waals surface area contributed by atoms with Crippen molar-refractivity contribution in [3.05, 3.63) is 90.0 Å². The SMILES string of the molecule is COc1cc(NC(=O)[C@H](Cc2ccccc2)NC(=O)OCc2ccccc2)ccc1N1CCCC1=O. The summed E-state index contributed by atoms with van der Waals surface area (Å²) in [6.07, 6.45) is 0.906. The number of carbonyl (C=O) groups excluding carboxylic acids is 3. The van der Waals surface area contributed by atoms with E-state index in [1.807, 2.05) is 60.7 Å². The zero-order chi connectivity index (χ0) is 25.3. The van der Waals surface area contributed by atoms with Crippen LogP contribution in [0.5, 0.6) is 5.75 Å². The quantitative estimate of drug-likeness (QED) is 0.469. The van der Waals surface area contributed by atoms with Crippen LogP contribution in [0.3, 0.4) is 0 Å². The molecule has 1 heterocycles. The van der Waals surface area contributed by atoms with Gasteiger partial charge in [0.05, 0.1) is 12.8 Å². The van der Waals surface area contributed by atoms with Crippen molar-refractivity contribution >= 4 is 29.3 Å². The number of hydrogen-bond acceptors (Lipinski definition) is 5. The second-order valence-electron chi connectivity index (χ2n) is 8.47. The van der Waals surface area contributed by atoms with Gasteiger partial charge in [0.15, 0.2) is 0 Å². The van der Waals surface area contributed by atoms with E-state index < -0.39 is 18.0 Å².